The predicted molar refractivity (Wildman–Crippen MR) is 68.5 cm³/mol. The van der Waals surface area contributed by atoms with Crippen molar-refractivity contribution in [1.82, 2.24) is 10.2 Å². The highest BCUT2D eigenvalue weighted by atomic mass is 35.5. The highest BCUT2D eigenvalue weighted by Crippen LogP contribution is 2.26. The second-order valence-corrected chi connectivity index (χ2v) is 5.17. The zero-order valence-corrected chi connectivity index (χ0v) is 10.7. The molecule has 0 aliphatic carbocycles. The average Bonchev–Trinajstić information content (AvgIpc) is 2.69. The Balaban J connectivity index is 1.75. The van der Waals surface area contributed by atoms with Gasteiger partial charge < -0.3 is 10.1 Å². The molecule has 18 heavy (non-hydrogen) atoms. The fourth-order valence-electron chi connectivity index (χ4n) is 2.57. The number of halogens is 1. The van der Waals surface area contributed by atoms with Crippen molar-refractivity contribution >= 4 is 17.7 Å². The van der Waals surface area contributed by atoms with Gasteiger partial charge >= 0.3 is 6.09 Å². The smallest absolute Gasteiger partial charge is 0.410 e. The Kier molecular flexibility index (Phi) is 3.14. The van der Waals surface area contributed by atoms with Crippen LogP contribution in [0.15, 0.2) is 24.3 Å². The Bertz CT molecular complexity index is 449. The summed E-state index contributed by atoms with van der Waals surface area (Å²) in [5, 5.41) is 4.01. The molecule has 0 bridgehead atoms. The van der Waals surface area contributed by atoms with E-state index in [0.717, 1.165) is 25.1 Å². The Morgan fingerprint density at radius 1 is 1.39 bits per heavy atom. The molecule has 4 nitrogen and oxygen atoms in total. The van der Waals surface area contributed by atoms with Gasteiger partial charge in [0.15, 0.2) is 0 Å². The Hall–Kier alpha value is -1.26. The van der Waals surface area contributed by atoms with E-state index in [1.165, 1.54) is 0 Å². The molecule has 1 aromatic rings. The van der Waals surface area contributed by atoms with E-state index in [9.17, 15) is 4.79 Å². The number of ether oxygens (including phenoxy) is 1. The molecule has 0 saturated carbocycles. The Morgan fingerprint density at radius 3 is 2.94 bits per heavy atom. The number of hydrogen-bond acceptors (Lipinski definition) is 3. The van der Waals surface area contributed by atoms with Gasteiger partial charge in [0.2, 0.25) is 0 Å². The summed E-state index contributed by atoms with van der Waals surface area (Å²) < 4.78 is 5.39. The van der Waals surface area contributed by atoms with Gasteiger partial charge in [-0.05, 0) is 30.7 Å². The number of carbonyl (C=O) groups excluding carboxylic acids is 1. The first kappa shape index (κ1) is 11.8. The third-order valence-corrected chi connectivity index (χ3v) is 3.79. The molecule has 2 fully saturated rings. The molecule has 0 spiro atoms. The van der Waals surface area contributed by atoms with Crippen LogP contribution in [-0.2, 0) is 11.3 Å². The number of piperidine rings is 1. The second kappa shape index (κ2) is 4.78. The van der Waals surface area contributed by atoms with Crippen molar-refractivity contribution < 1.29 is 9.53 Å². The first-order valence-electron chi connectivity index (χ1n) is 6.16. The summed E-state index contributed by atoms with van der Waals surface area (Å²) in [6, 6.07) is 7.73. The quantitative estimate of drug-likeness (QED) is 0.891. The largest absolute Gasteiger partial charge is 0.444 e. The number of nitrogens with zero attached hydrogens (tertiary/aromatic N) is 1. The molecule has 2 saturated heterocycles. The fraction of sp³-hybridized carbons (Fsp3) is 0.462. The van der Waals surface area contributed by atoms with Crippen molar-refractivity contribution in [3.63, 3.8) is 0 Å². The third-order valence-electron chi connectivity index (χ3n) is 3.54. The summed E-state index contributed by atoms with van der Waals surface area (Å²) in [7, 11) is 0. The highest BCUT2D eigenvalue weighted by molar-refractivity contribution is 6.30. The lowest BCUT2D eigenvalue weighted by Gasteiger charge is -2.28. The summed E-state index contributed by atoms with van der Waals surface area (Å²) in [4.78, 5) is 13.7. The summed E-state index contributed by atoms with van der Waals surface area (Å²) in [6.45, 7) is 2.31. The third kappa shape index (κ3) is 2.18. The maximum atomic E-state index is 11.9. The van der Waals surface area contributed by atoms with Gasteiger partial charge in [-0.3, -0.25) is 4.90 Å². The number of nitrogens with one attached hydrogen (secondary N) is 1. The standard InChI is InChI=1S/C13H15ClN2O2/c14-10-3-1-9(2-4-10)8-16-11-7-15-6-5-12(11)18-13(16)17/h1-4,11-12,15H,5-8H2. The minimum atomic E-state index is -0.205. The number of rotatable bonds is 2. The lowest BCUT2D eigenvalue weighted by atomic mass is 10.0. The SMILES string of the molecule is O=C1OC2CCNCC2N1Cc1ccc(Cl)cc1. The molecule has 3 rings (SSSR count). The average molecular weight is 267 g/mol. The van der Waals surface area contributed by atoms with Gasteiger partial charge in [0, 0.05) is 18.1 Å². The van der Waals surface area contributed by atoms with Crippen molar-refractivity contribution in [1.29, 1.82) is 0 Å². The predicted octanol–water partition coefficient (Wildman–Crippen LogP) is 2.02. The number of hydrogen-bond donors (Lipinski definition) is 1. The van der Waals surface area contributed by atoms with Gasteiger partial charge in [0.05, 0.1) is 6.04 Å². The number of fused-ring (bicyclic) bond motifs is 1. The van der Waals surface area contributed by atoms with Crippen LogP contribution in [-0.4, -0.2) is 36.2 Å². The normalized spacial score (nSPS) is 26.9. The molecule has 5 heteroatoms. The molecule has 2 unspecified atom stereocenters. The van der Waals surface area contributed by atoms with E-state index < -0.39 is 0 Å². The summed E-state index contributed by atoms with van der Waals surface area (Å²) in [5.74, 6) is 0. The Labute approximate surface area is 111 Å². The maximum Gasteiger partial charge on any atom is 0.410 e. The van der Waals surface area contributed by atoms with Crippen LogP contribution in [0, 0.1) is 0 Å². The molecule has 2 aliphatic heterocycles. The molecule has 0 radical (unpaired) electrons. The molecule has 96 valence electrons. The van der Waals surface area contributed by atoms with E-state index in [4.69, 9.17) is 16.3 Å². The van der Waals surface area contributed by atoms with E-state index in [1.54, 1.807) is 4.90 Å². The van der Waals surface area contributed by atoms with Crippen LogP contribution >= 0.6 is 11.6 Å². The lowest BCUT2D eigenvalue weighted by molar-refractivity contribution is 0.117. The minimum absolute atomic E-state index is 0.0473. The fourth-order valence-corrected chi connectivity index (χ4v) is 2.69. The second-order valence-electron chi connectivity index (χ2n) is 4.74. The molecule has 2 aliphatic rings. The van der Waals surface area contributed by atoms with Crippen LogP contribution in [0.3, 0.4) is 0 Å². The van der Waals surface area contributed by atoms with Crippen molar-refractivity contribution in [2.24, 2.45) is 0 Å². The van der Waals surface area contributed by atoms with E-state index in [2.05, 4.69) is 5.32 Å². The maximum absolute atomic E-state index is 11.9. The van der Waals surface area contributed by atoms with Gasteiger partial charge in [-0.25, -0.2) is 4.79 Å². The molecule has 2 atom stereocenters. The topological polar surface area (TPSA) is 41.6 Å². The first-order chi connectivity index (χ1) is 8.74. The van der Waals surface area contributed by atoms with Crippen molar-refractivity contribution in [3.05, 3.63) is 34.9 Å². The van der Waals surface area contributed by atoms with Gasteiger partial charge in [-0.15, -0.1) is 0 Å². The summed E-state index contributed by atoms with van der Waals surface area (Å²) in [6.07, 6.45) is 0.739. The molecular formula is C13H15ClN2O2. The van der Waals surface area contributed by atoms with Crippen molar-refractivity contribution in [3.8, 4) is 0 Å². The lowest BCUT2D eigenvalue weighted by Crippen LogP contribution is -2.48. The van der Waals surface area contributed by atoms with Crippen LogP contribution in [0.1, 0.15) is 12.0 Å². The molecule has 1 aromatic carbocycles. The number of carbonyl (C=O) groups is 1. The minimum Gasteiger partial charge on any atom is -0.444 e. The monoisotopic (exact) mass is 266 g/mol. The molecule has 2 heterocycles. The van der Waals surface area contributed by atoms with Gasteiger partial charge in [0.1, 0.15) is 6.10 Å². The van der Waals surface area contributed by atoms with Crippen LogP contribution in [0.25, 0.3) is 0 Å². The molecule has 0 aromatic heterocycles. The zero-order chi connectivity index (χ0) is 12.5. The van der Waals surface area contributed by atoms with Crippen LogP contribution in [0.2, 0.25) is 5.02 Å². The van der Waals surface area contributed by atoms with Gasteiger partial charge in [0.25, 0.3) is 0 Å². The molecular weight excluding hydrogens is 252 g/mol. The zero-order valence-electron chi connectivity index (χ0n) is 9.93. The van der Waals surface area contributed by atoms with Crippen LogP contribution in [0.4, 0.5) is 4.79 Å². The summed E-state index contributed by atoms with van der Waals surface area (Å²) >= 11 is 5.85. The Morgan fingerprint density at radius 2 is 2.17 bits per heavy atom. The number of amides is 1. The summed E-state index contributed by atoms with van der Waals surface area (Å²) in [5.41, 5.74) is 1.07. The van der Waals surface area contributed by atoms with Gasteiger partial charge in [-0.1, -0.05) is 23.7 Å². The number of benzene rings is 1. The van der Waals surface area contributed by atoms with Crippen LogP contribution in [0.5, 0.6) is 0 Å². The van der Waals surface area contributed by atoms with E-state index >= 15 is 0 Å². The van der Waals surface area contributed by atoms with E-state index in [1.807, 2.05) is 24.3 Å². The van der Waals surface area contributed by atoms with Crippen molar-refractivity contribution in [2.45, 2.75) is 25.1 Å². The van der Waals surface area contributed by atoms with E-state index in [-0.39, 0.29) is 18.2 Å². The van der Waals surface area contributed by atoms with Crippen molar-refractivity contribution in [2.75, 3.05) is 13.1 Å². The highest BCUT2D eigenvalue weighted by Gasteiger charge is 2.42. The molecule has 1 N–H and O–H groups in total. The molecule has 1 amide bonds. The van der Waals surface area contributed by atoms with Crippen LogP contribution < -0.4 is 5.32 Å². The van der Waals surface area contributed by atoms with E-state index in [0.29, 0.717) is 11.6 Å². The first-order valence-corrected chi connectivity index (χ1v) is 6.54. The van der Waals surface area contributed by atoms with Gasteiger partial charge in [-0.2, -0.15) is 0 Å².